The molecule has 0 saturated heterocycles. The lowest BCUT2D eigenvalue weighted by Gasteiger charge is -2.17. The number of benzene rings is 2. The van der Waals surface area contributed by atoms with Crippen molar-refractivity contribution < 1.29 is 4.74 Å². The normalized spacial score (nSPS) is 12.8. The van der Waals surface area contributed by atoms with Gasteiger partial charge in [0.05, 0.1) is 11.0 Å². The molecule has 0 amide bonds. The largest absolute Gasteiger partial charge is 0.483 e. The highest BCUT2D eigenvalue weighted by molar-refractivity contribution is 6.31. The van der Waals surface area contributed by atoms with Crippen LogP contribution in [-0.4, -0.2) is 9.97 Å². The molecule has 0 spiro atoms. The molecule has 2 aromatic carbocycles. The Labute approximate surface area is 135 Å². The van der Waals surface area contributed by atoms with Gasteiger partial charge in [-0.3, -0.25) is 0 Å². The summed E-state index contributed by atoms with van der Waals surface area (Å²) in [5.74, 6) is 2.12. The molecule has 0 unspecified atom stereocenters. The lowest BCUT2D eigenvalue weighted by Crippen LogP contribution is -2.07. The monoisotopic (exact) mass is 314 g/mol. The van der Waals surface area contributed by atoms with Gasteiger partial charge >= 0.3 is 0 Å². The Balaban J connectivity index is 1.88. The van der Waals surface area contributed by atoms with E-state index < -0.39 is 0 Å². The molecule has 3 rings (SSSR count). The summed E-state index contributed by atoms with van der Waals surface area (Å²) in [5.41, 5.74) is 3.02. The molecule has 1 aromatic heterocycles. The summed E-state index contributed by atoms with van der Waals surface area (Å²) in [7, 11) is 0. The van der Waals surface area contributed by atoms with E-state index in [9.17, 15) is 0 Å². The predicted molar refractivity (Wildman–Crippen MR) is 90.7 cm³/mol. The highest BCUT2D eigenvalue weighted by atomic mass is 35.5. The molecule has 3 nitrogen and oxygen atoms in total. The number of aromatic nitrogens is 2. The molecule has 0 saturated carbocycles. The SMILES string of the molecule is CC(C)c1ccccc1O[C@H](C)c1nc2ccc(Cl)cc2[nH]1. The number of hydrogen-bond donors (Lipinski definition) is 1. The summed E-state index contributed by atoms with van der Waals surface area (Å²) < 4.78 is 6.13. The van der Waals surface area contributed by atoms with Gasteiger partial charge in [-0.25, -0.2) is 4.98 Å². The molecule has 22 heavy (non-hydrogen) atoms. The fourth-order valence-corrected chi connectivity index (χ4v) is 2.68. The maximum absolute atomic E-state index is 6.13. The first-order valence-corrected chi connectivity index (χ1v) is 7.83. The van der Waals surface area contributed by atoms with Gasteiger partial charge in [0.2, 0.25) is 0 Å². The second kappa shape index (κ2) is 6.01. The van der Waals surface area contributed by atoms with Crippen molar-refractivity contribution in [2.45, 2.75) is 32.8 Å². The summed E-state index contributed by atoms with van der Waals surface area (Å²) >= 11 is 6.01. The topological polar surface area (TPSA) is 37.9 Å². The van der Waals surface area contributed by atoms with E-state index >= 15 is 0 Å². The third kappa shape index (κ3) is 2.95. The van der Waals surface area contributed by atoms with E-state index in [0.717, 1.165) is 22.6 Å². The van der Waals surface area contributed by atoms with E-state index in [1.54, 1.807) is 0 Å². The van der Waals surface area contributed by atoms with Crippen molar-refractivity contribution in [2.75, 3.05) is 0 Å². The van der Waals surface area contributed by atoms with Crippen LogP contribution in [0.2, 0.25) is 5.02 Å². The second-order valence-electron chi connectivity index (χ2n) is 5.74. The van der Waals surface area contributed by atoms with Gasteiger partial charge in [0.15, 0.2) is 6.10 Å². The van der Waals surface area contributed by atoms with Gasteiger partial charge in [0.1, 0.15) is 11.6 Å². The van der Waals surface area contributed by atoms with Crippen LogP contribution in [0.3, 0.4) is 0 Å². The van der Waals surface area contributed by atoms with Gasteiger partial charge in [-0.2, -0.15) is 0 Å². The first-order chi connectivity index (χ1) is 10.5. The van der Waals surface area contributed by atoms with E-state index in [1.165, 1.54) is 5.56 Å². The fourth-order valence-electron chi connectivity index (χ4n) is 2.51. The molecular weight excluding hydrogens is 296 g/mol. The van der Waals surface area contributed by atoms with Crippen LogP contribution < -0.4 is 4.74 Å². The summed E-state index contributed by atoms with van der Waals surface area (Å²) in [6, 6.07) is 13.8. The van der Waals surface area contributed by atoms with Gasteiger partial charge in [0.25, 0.3) is 0 Å². The molecule has 0 aliphatic heterocycles. The highest BCUT2D eigenvalue weighted by Crippen LogP contribution is 2.30. The number of fused-ring (bicyclic) bond motifs is 1. The molecule has 1 N–H and O–H groups in total. The Morgan fingerprint density at radius 3 is 2.64 bits per heavy atom. The van der Waals surface area contributed by atoms with E-state index in [4.69, 9.17) is 16.3 Å². The maximum Gasteiger partial charge on any atom is 0.153 e. The first kappa shape index (κ1) is 14.9. The average molecular weight is 315 g/mol. The van der Waals surface area contributed by atoms with Gasteiger partial charge in [-0.1, -0.05) is 43.6 Å². The average Bonchev–Trinajstić information content (AvgIpc) is 2.90. The number of rotatable bonds is 4. The zero-order valence-corrected chi connectivity index (χ0v) is 13.7. The van der Waals surface area contributed by atoms with Crippen molar-refractivity contribution in [3.05, 3.63) is 58.9 Å². The van der Waals surface area contributed by atoms with E-state index in [0.29, 0.717) is 10.9 Å². The number of halogens is 1. The second-order valence-corrected chi connectivity index (χ2v) is 6.17. The molecule has 114 valence electrons. The van der Waals surface area contributed by atoms with Gasteiger partial charge < -0.3 is 9.72 Å². The van der Waals surface area contributed by atoms with Crippen molar-refractivity contribution in [1.82, 2.24) is 9.97 Å². The Kier molecular flexibility index (Phi) is 4.08. The Morgan fingerprint density at radius 2 is 1.86 bits per heavy atom. The Bertz CT molecular complexity index is 795. The molecule has 1 atom stereocenters. The Hall–Kier alpha value is -2.00. The molecule has 0 aliphatic carbocycles. The molecule has 1 heterocycles. The van der Waals surface area contributed by atoms with Crippen molar-refractivity contribution in [2.24, 2.45) is 0 Å². The van der Waals surface area contributed by atoms with Crippen LogP contribution in [0, 0.1) is 0 Å². The van der Waals surface area contributed by atoms with Crippen molar-refractivity contribution >= 4 is 22.6 Å². The molecule has 4 heteroatoms. The van der Waals surface area contributed by atoms with Gasteiger partial charge in [-0.05, 0) is 42.7 Å². The number of imidazole rings is 1. The molecular formula is C18H19ClN2O. The molecule has 3 aromatic rings. The van der Waals surface area contributed by atoms with Crippen molar-refractivity contribution in [1.29, 1.82) is 0 Å². The number of nitrogens with one attached hydrogen (secondary N) is 1. The minimum atomic E-state index is -0.161. The van der Waals surface area contributed by atoms with E-state index in [2.05, 4.69) is 29.9 Å². The van der Waals surface area contributed by atoms with Crippen LogP contribution in [0.4, 0.5) is 0 Å². The minimum Gasteiger partial charge on any atom is -0.483 e. The number of nitrogens with zero attached hydrogens (tertiary/aromatic N) is 1. The Morgan fingerprint density at radius 1 is 1.09 bits per heavy atom. The zero-order chi connectivity index (χ0) is 15.7. The fraction of sp³-hybridized carbons (Fsp3) is 0.278. The smallest absolute Gasteiger partial charge is 0.153 e. The first-order valence-electron chi connectivity index (χ1n) is 7.45. The third-order valence-electron chi connectivity index (χ3n) is 3.69. The zero-order valence-electron chi connectivity index (χ0n) is 12.9. The lowest BCUT2D eigenvalue weighted by molar-refractivity contribution is 0.215. The van der Waals surface area contributed by atoms with E-state index in [1.807, 2.05) is 43.3 Å². The number of H-pyrrole nitrogens is 1. The molecule has 0 fully saturated rings. The van der Waals surface area contributed by atoms with Crippen LogP contribution in [0.25, 0.3) is 11.0 Å². The summed E-state index contributed by atoms with van der Waals surface area (Å²) in [5, 5.41) is 0.696. The maximum atomic E-state index is 6.13. The quantitative estimate of drug-likeness (QED) is 0.692. The van der Waals surface area contributed by atoms with Gasteiger partial charge in [-0.15, -0.1) is 0 Å². The van der Waals surface area contributed by atoms with Crippen LogP contribution in [-0.2, 0) is 0 Å². The van der Waals surface area contributed by atoms with E-state index in [-0.39, 0.29) is 6.10 Å². The van der Waals surface area contributed by atoms with Crippen LogP contribution in [0.1, 0.15) is 44.2 Å². The number of para-hydroxylation sites is 1. The van der Waals surface area contributed by atoms with Crippen LogP contribution in [0.15, 0.2) is 42.5 Å². The summed E-state index contributed by atoms with van der Waals surface area (Å²) in [6.07, 6.45) is -0.161. The predicted octanol–water partition coefficient (Wildman–Crippen LogP) is 5.48. The van der Waals surface area contributed by atoms with Crippen molar-refractivity contribution in [3.63, 3.8) is 0 Å². The molecule has 0 bridgehead atoms. The lowest BCUT2D eigenvalue weighted by atomic mass is 10.0. The standard InChI is InChI=1S/C18H19ClN2O/c1-11(2)14-6-4-5-7-17(14)22-12(3)18-20-15-9-8-13(19)10-16(15)21-18/h4-12H,1-3H3,(H,20,21)/t12-/m1/s1. The molecule has 0 radical (unpaired) electrons. The van der Waals surface area contributed by atoms with Crippen molar-refractivity contribution in [3.8, 4) is 5.75 Å². The minimum absolute atomic E-state index is 0.161. The number of ether oxygens (including phenoxy) is 1. The van der Waals surface area contributed by atoms with Crippen LogP contribution >= 0.6 is 11.6 Å². The van der Waals surface area contributed by atoms with Gasteiger partial charge in [0, 0.05) is 5.02 Å². The summed E-state index contributed by atoms with van der Waals surface area (Å²) in [6.45, 7) is 6.32. The van der Waals surface area contributed by atoms with Crippen LogP contribution in [0.5, 0.6) is 5.75 Å². The number of aromatic amines is 1. The molecule has 0 aliphatic rings. The highest BCUT2D eigenvalue weighted by Gasteiger charge is 2.15. The summed E-state index contributed by atoms with van der Waals surface area (Å²) in [4.78, 5) is 7.87. The number of hydrogen-bond acceptors (Lipinski definition) is 2. The third-order valence-corrected chi connectivity index (χ3v) is 3.93.